The molecule has 2 aromatic heterocycles. The molecule has 5 nitrogen and oxygen atoms in total. The lowest BCUT2D eigenvalue weighted by Crippen LogP contribution is -2.25. The first-order chi connectivity index (χ1) is 10.3. The first-order valence-corrected chi connectivity index (χ1v) is 7.20. The summed E-state index contributed by atoms with van der Waals surface area (Å²) in [6.07, 6.45) is 1.96. The zero-order chi connectivity index (χ0) is 14.2. The molecule has 4 rings (SSSR count). The maximum Gasteiger partial charge on any atom is 0.250 e. The number of pyridine rings is 1. The highest BCUT2D eigenvalue weighted by atomic mass is 15.4. The predicted octanol–water partition coefficient (Wildman–Crippen LogP) is 2.28. The van der Waals surface area contributed by atoms with E-state index in [0.29, 0.717) is 0 Å². The van der Waals surface area contributed by atoms with Gasteiger partial charge in [0.15, 0.2) is 5.65 Å². The quantitative estimate of drug-likeness (QED) is 0.742. The van der Waals surface area contributed by atoms with Gasteiger partial charge in [-0.15, -0.1) is 5.10 Å². The molecule has 106 valence electrons. The Balaban J connectivity index is 1.84. The molecule has 0 saturated heterocycles. The van der Waals surface area contributed by atoms with Gasteiger partial charge in [0, 0.05) is 31.5 Å². The first-order valence-electron chi connectivity index (χ1n) is 7.20. The molecular weight excluding hydrogens is 262 g/mol. The molecule has 0 bridgehead atoms. The Kier molecular flexibility index (Phi) is 2.86. The van der Waals surface area contributed by atoms with Gasteiger partial charge < -0.3 is 10.2 Å². The number of nitrogens with one attached hydrogen (secondary N) is 1. The van der Waals surface area contributed by atoms with E-state index in [1.165, 1.54) is 16.8 Å². The monoisotopic (exact) mass is 279 g/mol. The van der Waals surface area contributed by atoms with E-state index in [4.69, 9.17) is 0 Å². The molecule has 1 aliphatic heterocycles. The van der Waals surface area contributed by atoms with Gasteiger partial charge >= 0.3 is 0 Å². The van der Waals surface area contributed by atoms with Crippen molar-refractivity contribution in [1.82, 2.24) is 19.9 Å². The summed E-state index contributed by atoms with van der Waals surface area (Å²) in [7, 11) is 0. The lowest BCUT2D eigenvalue weighted by atomic mass is 10.1. The summed E-state index contributed by atoms with van der Waals surface area (Å²) >= 11 is 0. The molecule has 3 aromatic rings. The molecule has 0 atom stereocenters. The van der Waals surface area contributed by atoms with Crippen LogP contribution in [0.5, 0.6) is 0 Å². The van der Waals surface area contributed by atoms with Gasteiger partial charge in [0.05, 0.1) is 0 Å². The Morgan fingerprint density at radius 3 is 3.05 bits per heavy atom. The highest BCUT2D eigenvalue weighted by Crippen LogP contribution is 2.27. The molecule has 1 N–H and O–H groups in total. The minimum atomic E-state index is 0.761. The fourth-order valence-electron chi connectivity index (χ4n) is 2.75. The van der Waals surface area contributed by atoms with Crippen molar-refractivity contribution in [3.05, 3.63) is 53.7 Å². The molecule has 0 unspecified atom stereocenters. The largest absolute Gasteiger partial charge is 0.311 e. The number of rotatable bonds is 1. The molecule has 0 aliphatic carbocycles. The molecule has 0 saturated carbocycles. The highest BCUT2D eigenvalue weighted by Gasteiger charge is 2.19. The SMILES string of the molecule is Cc1ccn2nc(N3CCNCc4ccccc43)nc2c1. The zero-order valence-corrected chi connectivity index (χ0v) is 12.0. The summed E-state index contributed by atoms with van der Waals surface area (Å²) in [5.74, 6) is 0.761. The van der Waals surface area contributed by atoms with Crippen molar-refractivity contribution in [3.8, 4) is 0 Å². The number of nitrogens with zero attached hydrogens (tertiary/aromatic N) is 4. The van der Waals surface area contributed by atoms with Crippen LogP contribution in [0.1, 0.15) is 11.1 Å². The second-order valence-corrected chi connectivity index (χ2v) is 5.38. The van der Waals surface area contributed by atoms with Crippen LogP contribution in [0.15, 0.2) is 42.6 Å². The van der Waals surface area contributed by atoms with Crippen LogP contribution >= 0.6 is 0 Å². The zero-order valence-electron chi connectivity index (χ0n) is 12.0. The molecule has 1 aromatic carbocycles. The summed E-state index contributed by atoms with van der Waals surface area (Å²) in [5.41, 5.74) is 4.55. The summed E-state index contributed by atoms with van der Waals surface area (Å²) in [5, 5.41) is 8.06. The molecule has 0 radical (unpaired) electrons. The summed E-state index contributed by atoms with van der Waals surface area (Å²) in [4.78, 5) is 6.88. The summed E-state index contributed by atoms with van der Waals surface area (Å²) in [6.45, 7) is 4.74. The fraction of sp³-hybridized carbons (Fsp3) is 0.250. The molecule has 3 heterocycles. The van der Waals surface area contributed by atoms with E-state index in [1.807, 2.05) is 16.8 Å². The third-order valence-corrected chi connectivity index (χ3v) is 3.83. The first kappa shape index (κ1) is 12.3. The Labute approximate surface area is 123 Å². The Morgan fingerprint density at radius 1 is 1.19 bits per heavy atom. The third-order valence-electron chi connectivity index (χ3n) is 3.83. The number of hydrogen-bond donors (Lipinski definition) is 1. The number of hydrogen-bond acceptors (Lipinski definition) is 4. The average Bonchev–Trinajstić information content (AvgIpc) is 2.78. The van der Waals surface area contributed by atoms with Crippen LogP contribution < -0.4 is 10.2 Å². The second kappa shape index (κ2) is 4.86. The summed E-state index contributed by atoms with van der Waals surface area (Å²) in [6, 6.07) is 12.5. The molecule has 0 fully saturated rings. The van der Waals surface area contributed by atoms with Crippen molar-refractivity contribution in [2.24, 2.45) is 0 Å². The van der Waals surface area contributed by atoms with Crippen LogP contribution in [0.2, 0.25) is 0 Å². The van der Waals surface area contributed by atoms with E-state index >= 15 is 0 Å². The number of benzene rings is 1. The fourth-order valence-corrected chi connectivity index (χ4v) is 2.75. The molecule has 1 aliphatic rings. The van der Waals surface area contributed by atoms with Crippen LogP contribution in [0.4, 0.5) is 11.6 Å². The van der Waals surface area contributed by atoms with E-state index in [-0.39, 0.29) is 0 Å². The van der Waals surface area contributed by atoms with Crippen LogP contribution in [0.25, 0.3) is 5.65 Å². The van der Waals surface area contributed by atoms with Gasteiger partial charge in [-0.25, -0.2) is 4.52 Å². The van der Waals surface area contributed by atoms with Crippen LogP contribution in [0.3, 0.4) is 0 Å². The van der Waals surface area contributed by atoms with E-state index in [2.05, 4.69) is 57.6 Å². The topological polar surface area (TPSA) is 45.5 Å². The Hall–Kier alpha value is -2.40. The van der Waals surface area contributed by atoms with E-state index < -0.39 is 0 Å². The maximum absolute atomic E-state index is 4.69. The molecule has 5 heteroatoms. The minimum absolute atomic E-state index is 0.761. The second-order valence-electron chi connectivity index (χ2n) is 5.38. The van der Waals surface area contributed by atoms with E-state index in [0.717, 1.165) is 31.2 Å². The number of para-hydroxylation sites is 1. The van der Waals surface area contributed by atoms with Gasteiger partial charge in [0.2, 0.25) is 5.95 Å². The predicted molar refractivity (Wildman–Crippen MR) is 82.9 cm³/mol. The number of aryl methyl sites for hydroxylation is 1. The van der Waals surface area contributed by atoms with Gasteiger partial charge in [0.1, 0.15) is 0 Å². The van der Waals surface area contributed by atoms with Crippen molar-refractivity contribution in [3.63, 3.8) is 0 Å². The molecule has 21 heavy (non-hydrogen) atoms. The normalized spacial score (nSPS) is 15.0. The van der Waals surface area contributed by atoms with Gasteiger partial charge in [-0.3, -0.25) is 0 Å². The standard InChI is InChI=1S/C16H17N5/c1-12-6-8-21-15(10-12)18-16(19-21)20-9-7-17-11-13-4-2-3-5-14(13)20/h2-6,8,10,17H,7,9,11H2,1H3. The summed E-state index contributed by atoms with van der Waals surface area (Å²) < 4.78 is 1.84. The van der Waals surface area contributed by atoms with Gasteiger partial charge in [0.25, 0.3) is 0 Å². The van der Waals surface area contributed by atoms with Gasteiger partial charge in [-0.05, 0) is 36.2 Å². The highest BCUT2D eigenvalue weighted by molar-refractivity contribution is 5.63. The lowest BCUT2D eigenvalue weighted by Gasteiger charge is -2.20. The van der Waals surface area contributed by atoms with Crippen LogP contribution in [-0.4, -0.2) is 27.7 Å². The number of fused-ring (bicyclic) bond motifs is 2. The smallest absolute Gasteiger partial charge is 0.250 e. The van der Waals surface area contributed by atoms with Crippen molar-refractivity contribution in [2.75, 3.05) is 18.0 Å². The van der Waals surface area contributed by atoms with Crippen molar-refractivity contribution >= 4 is 17.3 Å². The third kappa shape index (κ3) is 2.15. The minimum Gasteiger partial charge on any atom is -0.311 e. The van der Waals surface area contributed by atoms with Crippen LogP contribution in [0, 0.1) is 6.92 Å². The molecular formula is C16H17N5. The molecule has 0 spiro atoms. The van der Waals surface area contributed by atoms with Gasteiger partial charge in [-0.1, -0.05) is 18.2 Å². The van der Waals surface area contributed by atoms with Crippen molar-refractivity contribution < 1.29 is 0 Å². The lowest BCUT2D eigenvalue weighted by molar-refractivity contribution is 0.708. The average molecular weight is 279 g/mol. The van der Waals surface area contributed by atoms with E-state index in [9.17, 15) is 0 Å². The van der Waals surface area contributed by atoms with Gasteiger partial charge in [-0.2, -0.15) is 4.98 Å². The Bertz CT molecular complexity index is 792. The molecule has 0 amide bonds. The number of aromatic nitrogens is 3. The number of anilines is 2. The van der Waals surface area contributed by atoms with Crippen LogP contribution in [-0.2, 0) is 6.54 Å². The Morgan fingerprint density at radius 2 is 2.10 bits per heavy atom. The van der Waals surface area contributed by atoms with E-state index in [1.54, 1.807) is 0 Å². The van der Waals surface area contributed by atoms with Crippen molar-refractivity contribution in [2.45, 2.75) is 13.5 Å². The van der Waals surface area contributed by atoms with Crippen molar-refractivity contribution in [1.29, 1.82) is 0 Å². The maximum atomic E-state index is 4.69.